The number of halogens is 2. The van der Waals surface area contributed by atoms with Gasteiger partial charge in [0, 0.05) is 30.8 Å². The van der Waals surface area contributed by atoms with Gasteiger partial charge in [0.2, 0.25) is 5.91 Å². The molecule has 24 heavy (non-hydrogen) atoms. The lowest BCUT2D eigenvalue weighted by atomic mass is 9.84. The third-order valence-electron chi connectivity index (χ3n) is 3.92. The lowest BCUT2D eigenvalue weighted by Gasteiger charge is -2.27. The van der Waals surface area contributed by atoms with Crippen LogP contribution in [0.1, 0.15) is 31.0 Å². The summed E-state index contributed by atoms with van der Waals surface area (Å²) in [5, 5.41) is 10.0. The standard InChI is InChI=1S/C17H23FN4O.ClH/c1-17(2,13-6-5-7-14(18)8-13)11-20-16(23)15(19-3)12-9-21-22(4)10-12;/h5-10,15,19H,11H2,1-4H3,(H,20,23);1H. The van der Waals surface area contributed by atoms with Crippen LogP contribution in [-0.2, 0) is 17.3 Å². The van der Waals surface area contributed by atoms with Crippen molar-refractivity contribution in [2.24, 2.45) is 7.05 Å². The van der Waals surface area contributed by atoms with Crippen molar-refractivity contribution in [2.75, 3.05) is 13.6 Å². The van der Waals surface area contributed by atoms with Gasteiger partial charge in [-0.1, -0.05) is 26.0 Å². The van der Waals surface area contributed by atoms with E-state index in [2.05, 4.69) is 15.7 Å². The minimum Gasteiger partial charge on any atom is -0.354 e. The first-order valence-electron chi connectivity index (χ1n) is 7.53. The van der Waals surface area contributed by atoms with Gasteiger partial charge in [-0.05, 0) is 24.7 Å². The molecule has 0 aliphatic carbocycles. The fourth-order valence-corrected chi connectivity index (χ4v) is 2.46. The molecule has 132 valence electrons. The van der Waals surface area contributed by atoms with Gasteiger partial charge in [0.1, 0.15) is 11.9 Å². The van der Waals surface area contributed by atoms with E-state index in [0.29, 0.717) is 6.54 Å². The van der Waals surface area contributed by atoms with Gasteiger partial charge in [0.15, 0.2) is 0 Å². The fraction of sp³-hybridized carbons (Fsp3) is 0.412. The smallest absolute Gasteiger partial charge is 0.241 e. The first-order valence-corrected chi connectivity index (χ1v) is 7.53. The number of hydrogen-bond donors (Lipinski definition) is 2. The summed E-state index contributed by atoms with van der Waals surface area (Å²) in [6.45, 7) is 4.36. The monoisotopic (exact) mass is 354 g/mol. The summed E-state index contributed by atoms with van der Waals surface area (Å²) in [6.07, 6.45) is 3.47. The molecule has 1 unspecified atom stereocenters. The van der Waals surface area contributed by atoms with Crippen LogP contribution in [0, 0.1) is 5.82 Å². The molecule has 2 rings (SSSR count). The Labute approximate surface area is 148 Å². The molecule has 2 N–H and O–H groups in total. The molecule has 0 radical (unpaired) electrons. The number of nitrogens with one attached hydrogen (secondary N) is 2. The molecule has 0 saturated heterocycles. The second-order valence-electron chi connectivity index (χ2n) is 6.28. The Balaban J connectivity index is 0.00000288. The van der Waals surface area contributed by atoms with E-state index in [1.54, 1.807) is 37.2 Å². The molecule has 0 fully saturated rings. The molecule has 1 atom stereocenters. The van der Waals surface area contributed by atoms with Crippen molar-refractivity contribution < 1.29 is 9.18 Å². The van der Waals surface area contributed by atoms with Gasteiger partial charge in [0.05, 0.1) is 6.20 Å². The van der Waals surface area contributed by atoms with Crippen LogP contribution in [0.4, 0.5) is 4.39 Å². The van der Waals surface area contributed by atoms with Crippen LogP contribution in [0.2, 0.25) is 0 Å². The summed E-state index contributed by atoms with van der Waals surface area (Å²) < 4.78 is 15.1. The molecule has 0 aliphatic rings. The Morgan fingerprint density at radius 2 is 2.12 bits per heavy atom. The number of carbonyl (C=O) groups is 1. The maximum Gasteiger partial charge on any atom is 0.241 e. The normalized spacial score (nSPS) is 12.4. The summed E-state index contributed by atoms with van der Waals surface area (Å²) in [7, 11) is 3.54. The van der Waals surface area contributed by atoms with Gasteiger partial charge in [0.25, 0.3) is 0 Å². The van der Waals surface area contributed by atoms with E-state index in [9.17, 15) is 9.18 Å². The number of amides is 1. The summed E-state index contributed by atoms with van der Waals surface area (Å²) >= 11 is 0. The zero-order valence-electron chi connectivity index (χ0n) is 14.3. The Kier molecular flexibility index (Phi) is 6.93. The molecule has 1 aromatic heterocycles. The quantitative estimate of drug-likeness (QED) is 0.837. The maximum atomic E-state index is 13.4. The highest BCUT2D eigenvalue weighted by Crippen LogP contribution is 2.23. The Bertz CT molecular complexity index is 687. The molecule has 0 aliphatic heterocycles. The predicted molar refractivity (Wildman–Crippen MR) is 94.7 cm³/mol. The molecule has 1 aromatic carbocycles. The first-order chi connectivity index (χ1) is 10.8. The zero-order chi connectivity index (χ0) is 17.0. The molecule has 2 aromatic rings. The SMILES string of the molecule is CNC(C(=O)NCC(C)(C)c1cccc(F)c1)c1cnn(C)c1.Cl. The highest BCUT2D eigenvalue weighted by molar-refractivity contribution is 5.85. The van der Waals surface area contributed by atoms with Gasteiger partial charge in [-0.2, -0.15) is 5.10 Å². The average molecular weight is 355 g/mol. The Morgan fingerprint density at radius 3 is 2.67 bits per heavy atom. The first kappa shape index (κ1) is 20.1. The van der Waals surface area contributed by atoms with Crippen LogP contribution in [0.15, 0.2) is 36.7 Å². The lowest BCUT2D eigenvalue weighted by Crippen LogP contribution is -2.42. The van der Waals surface area contributed by atoms with Crippen LogP contribution < -0.4 is 10.6 Å². The van der Waals surface area contributed by atoms with Crippen LogP contribution in [-0.4, -0.2) is 29.3 Å². The van der Waals surface area contributed by atoms with Crippen LogP contribution in [0.3, 0.4) is 0 Å². The number of rotatable bonds is 6. The minimum absolute atomic E-state index is 0. The van der Waals surface area contributed by atoms with E-state index in [4.69, 9.17) is 0 Å². The van der Waals surface area contributed by atoms with Crippen molar-refractivity contribution in [1.29, 1.82) is 0 Å². The van der Waals surface area contributed by atoms with Crippen molar-refractivity contribution in [1.82, 2.24) is 20.4 Å². The summed E-state index contributed by atoms with van der Waals surface area (Å²) in [6, 6.07) is 6.00. The lowest BCUT2D eigenvalue weighted by molar-refractivity contribution is -0.123. The third kappa shape index (κ3) is 4.79. The van der Waals surface area contributed by atoms with E-state index in [0.717, 1.165) is 11.1 Å². The number of nitrogens with zero attached hydrogens (tertiary/aromatic N) is 2. The molecule has 1 amide bonds. The van der Waals surface area contributed by atoms with Crippen LogP contribution >= 0.6 is 12.4 Å². The zero-order valence-corrected chi connectivity index (χ0v) is 15.2. The highest BCUT2D eigenvalue weighted by atomic mass is 35.5. The Morgan fingerprint density at radius 1 is 1.42 bits per heavy atom. The van der Waals surface area contributed by atoms with E-state index in [-0.39, 0.29) is 29.5 Å². The van der Waals surface area contributed by atoms with Gasteiger partial charge < -0.3 is 10.6 Å². The second kappa shape index (κ2) is 8.26. The number of aromatic nitrogens is 2. The van der Waals surface area contributed by atoms with E-state index in [1.807, 2.05) is 19.9 Å². The molecule has 0 spiro atoms. The highest BCUT2D eigenvalue weighted by Gasteiger charge is 2.25. The topological polar surface area (TPSA) is 59.0 Å². The number of aryl methyl sites for hydroxylation is 1. The predicted octanol–water partition coefficient (Wildman–Crippen LogP) is 2.34. The third-order valence-corrected chi connectivity index (χ3v) is 3.92. The molecular formula is C17H24ClFN4O. The molecule has 7 heteroatoms. The summed E-state index contributed by atoms with van der Waals surface area (Å²) in [5.74, 6) is -0.407. The van der Waals surface area contributed by atoms with Crippen molar-refractivity contribution in [3.63, 3.8) is 0 Å². The number of likely N-dealkylation sites (N-methyl/N-ethyl adjacent to an activating group) is 1. The fourth-order valence-electron chi connectivity index (χ4n) is 2.46. The summed E-state index contributed by atoms with van der Waals surface area (Å²) in [5.41, 5.74) is 1.28. The second-order valence-corrected chi connectivity index (χ2v) is 6.28. The van der Waals surface area contributed by atoms with Crippen molar-refractivity contribution in [3.8, 4) is 0 Å². The largest absolute Gasteiger partial charge is 0.354 e. The van der Waals surface area contributed by atoms with Gasteiger partial charge in [-0.15, -0.1) is 12.4 Å². The number of carbonyl (C=O) groups excluding carboxylic acids is 1. The molecular weight excluding hydrogens is 331 g/mol. The molecule has 5 nitrogen and oxygen atoms in total. The van der Waals surface area contributed by atoms with E-state index in [1.165, 1.54) is 12.1 Å². The van der Waals surface area contributed by atoms with Gasteiger partial charge in [-0.3, -0.25) is 9.48 Å². The number of hydrogen-bond acceptors (Lipinski definition) is 3. The van der Waals surface area contributed by atoms with Crippen molar-refractivity contribution in [2.45, 2.75) is 25.3 Å². The van der Waals surface area contributed by atoms with Crippen LogP contribution in [0.5, 0.6) is 0 Å². The average Bonchev–Trinajstić information content (AvgIpc) is 2.92. The van der Waals surface area contributed by atoms with Crippen molar-refractivity contribution in [3.05, 3.63) is 53.6 Å². The van der Waals surface area contributed by atoms with E-state index < -0.39 is 6.04 Å². The molecule has 0 bridgehead atoms. The molecule has 0 saturated carbocycles. The van der Waals surface area contributed by atoms with Gasteiger partial charge in [-0.25, -0.2) is 4.39 Å². The number of benzene rings is 1. The minimum atomic E-state index is -0.466. The van der Waals surface area contributed by atoms with Gasteiger partial charge >= 0.3 is 0 Å². The van der Waals surface area contributed by atoms with Crippen molar-refractivity contribution >= 4 is 18.3 Å². The molecule has 1 heterocycles. The summed E-state index contributed by atoms with van der Waals surface area (Å²) in [4.78, 5) is 12.4. The van der Waals surface area contributed by atoms with Crippen LogP contribution in [0.25, 0.3) is 0 Å². The van der Waals surface area contributed by atoms with E-state index >= 15 is 0 Å². The Hall–Kier alpha value is -1.92. The maximum absolute atomic E-state index is 13.4.